The standard InChI is InChI=1S/C8H2ClF3N2O5/c9-5-4(13(16)17)2-1-3(6(5)14(18)19)7(15)8(10,11)12/h1-2H. The summed E-state index contributed by atoms with van der Waals surface area (Å²) < 4.78 is 36.7. The monoisotopic (exact) mass is 298 g/mol. The minimum Gasteiger partial charge on any atom is -0.284 e. The number of carbonyl (C=O) groups is 1. The highest BCUT2D eigenvalue weighted by Crippen LogP contribution is 2.38. The van der Waals surface area contributed by atoms with Crippen molar-refractivity contribution < 1.29 is 27.8 Å². The van der Waals surface area contributed by atoms with Gasteiger partial charge in [0.1, 0.15) is 5.56 Å². The molecule has 11 heteroatoms. The maximum Gasteiger partial charge on any atom is 0.455 e. The Labute approximate surface area is 106 Å². The Morgan fingerprint density at radius 1 is 1.16 bits per heavy atom. The molecule has 0 unspecified atom stereocenters. The molecule has 0 aromatic heterocycles. The van der Waals surface area contributed by atoms with Crippen molar-refractivity contribution in [2.45, 2.75) is 6.18 Å². The number of hydrogen-bond acceptors (Lipinski definition) is 5. The molecule has 0 aliphatic heterocycles. The van der Waals surface area contributed by atoms with Crippen LogP contribution in [-0.4, -0.2) is 21.8 Å². The van der Waals surface area contributed by atoms with E-state index in [2.05, 4.69) is 0 Å². The molecule has 0 saturated carbocycles. The summed E-state index contributed by atoms with van der Waals surface area (Å²) in [5.74, 6) is -2.50. The van der Waals surface area contributed by atoms with Gasteiger partial charge in [0.2, 0.25) is 0 Å². The fourth-order valence-corrected chi connectivity index (χ4v) is 1.51. The smallest absolute Gasteiger partial charge is 0.284 e. The van der Waals surface area contributed by atoms with E-state index in [9.17, 15) is 38.2 Å². The van der Waals surface area contributed by atoms with Crippen LogP contribution in [0.5, 0.6) is 0 Å². The highest BCUT2D eigenvalue weighted by atomic mass is 35.5. The van der Waals surface area contributed by atoms with Gasteiger partial charge in [0.15, 0.2) is 5.02 Å². The Morgan fingerprint density at radius 3 is 2.05 bits per heavy atom. The van der Waals surface area contributed by atoms with Crippen molar-refractivity contribution in [2.24, 2.45) is 0 Å². The van der Waals surface area contributed by atoms with Crippen molar-refractivity contribution in [3.8, 4) is 0 Å². The third-order valence-electron chi connectivity index (χ3n) is 1.98. The van der Waals surface area contributed by atoms with E-state index < -0.39 is 43.8 Å². The molecule has 19 heavy (non-hydrogen) atoms. The largest absolute Gasteiger partial charge is 0.455 e. The first-order valence-corrected chi connectivity index (χ1v) is 4.68. The van der Waals surface area contributed by atoms with E-state index in [1.165, 1.54) is 0 Å². The minimum absolute atomic E-state index is 0.345. The van der Waals surface area contributed by atoms with Gasteiger partial charge in [-0.25, -0.2) is 0 Å². The zero-order valence-electron chi connectivity index (χ0n) is 8.60. The number of hydrogen-bond donors (Lipinski definition) is 0. The number of rotatable bonds is 3. The molecule has 0 N–H and O–H groups in total. The van der Waals surface area contributed by atoms with Gasteiger partial charge >= 0.3 is 11.9 Å². The summed E-state index contributed by atoms with van der Waals surface area (Å²) in [5.41, 5.74) is -3.77. The van der Waals surface area contributed by atoms with Crippen molar-refractivity contribution in [3.05, 3.63) is 42.9 Å². The second kappa shape index (κ2) is 4.80. The zero-order valence-corrected chi connectivity index (χ0v) is 9.36. The maximum absolute atomic E-state index is 12.2. The van der Waals surface area contributed by atoms with Crippen molar-refractivity contribution in [1.82, 2.24) is 0 Å². The molecule has 0 atom stereocenters. The molecule has 0 heterocycles. The molecule has 0 fully saturated rings. The van der Waals surface area contributed by atoms with E-state index in [0.29, 0.717) is 12.1 Å². The quantitative estimate of drug-likeness (QED) is 0.485. The van der Waals surface area contributed by atoms with Crippen LogP contribution in [0.25, 0.3) is 0 Å². The van der Waals surface area contributed by atoms with E-state index >= 15 is 0 Å². The van der Waals surface area contributed by atoms with Gasteiger partial charge in [-0.15, -0.1) is 0 Å². The minimum atomic E-state index is -5.36. The summed E-state index contributed by atoms with van der Waals surface area (Å²) in [6.07, 6.45) is -5.36. The third kappa shape index (κ3) is 2.78. The molecule has 7 nitrogen and oxygen atoms in total. The molecule has 102 valence electrons. The Kier molecular flexibility index (Phi) is 3.75. The second-order valence-electron chi connectivity index (χ2n) is 3.14. The first kappa shape index (κ1) is 14.8. The summed E-state index contributed by atoms with van der Waals surface area (Å²) in [6.45, 7) is 0. The average Bonchev–Trinajstić information content (AvgIpc) is 2.25. The van der Waals surface area contributed by atoms with Gasteiger partial charge in [0, 0.05) is 6.07 Å². The van der Waals surface area contributed by atoms with Crippen molar-refractivity contribution in [2.75, 3.05) is 0 Å². The number of alkyl halides is 3. The topological polar surface area (TPSA) is 103 Å². The Balaban J connectivity index is 3.60. The summed E-state index contributed by atoms with van der Waals surface area (Å²) >= 11 is 5.30. The van der Waals surface area contributed by atoms with E-state index in [1.54, 1.807) is 0 Å². The van der Waals surface area contributed by atoms with Crippen LogP contribution in [0, 0.1) is 20.2 Å². The summed E-state index contributed by atoms with van der Waals surface area (Å²) in [5, 5.41) is 20.0. The molecule has 1 aromatic carbocycles. The Morgan fingerprint density at radius 2 is 1.68 bits per heavy atom. The Bertz CT molecular complexity index is 586. The van der Waals surface area contributed by atoms with Gasteiger partial charge in [-0.3, -0.25) is 25.0 Å². The Hall–Kier alpha value is -2.23. The van der Waals surface area contributed by atoms with E-state index in [4.69, 9.17) is 11.6 Å². The van der Waals surface area contributed by atoms with E-state index in [0.717, 1.165) is 0 Å². The number of Topliss-reactive ketones (excluding diaryl/α,β-unsaturated/α-hetero) is 1. The van der Waals surface area contributed by atoms with E-state index in [1.807, 2.05) is 0 Å². The first-order valence-electron chi connectivity index (χ1n) is 4.30. The molecule has 0 aliphatic rings. The van der Waals surface area contributed by atoms with Gasteiger partial charge in [0.05, 0.1) is 9.85 Å². The van der Waals surface area contributed by atoms with Crippen LogP contribution >= 0.6 is 11.6 Å². The molecule has 0 aliphatic carbocycles. The van der Waals surface area contributed by atoms with Crippen LogP contribution in [0.1, 0.15) is 10.4 Å². The van der Waals surface area contributed by atoms with Crippen molar-refractivity contribution in [1.29, 1.82) is 0 Å². The molecule has 0 amide bonds. The molecule has 0 saturated heterocycles. The zero-order chi connectivity index (χ0) is 15.0. The van der Waals surface area contributed by atoms with Gasteiger partial charge in [-0.2, -0.15) is 13.2 Å². The summed E-state index contributed by atoms with van der Waals surface area (Å²) in [4.78, 5) is 29.6. The van der Waals surface area contributed by atoms with Crippen LogP contribution in [-0.2, 0) is 0 Å². The molecule has 0 radical (unpaired) electrons. The fourth-order valence-electron chi connectivity index (χ4n) is 1.21. The SMILES string of the molecule is O=C(c1ccc([N+](=O)[O-])c(Cl)c1[N+](=O)[O-])C(F)(F)F. The van der Waals surface area contributed by atoms with Crippen LogP contribution in [0.3, 0.4) is 0 Å². The number of halogens is 4. The number of benzene rings is 1. The lowest BCUT2D eigenvalue weighted by Gasteiger charge is -2.06. The van der Waals surface area contributed by atoms with Crippen molar-refractivity contribution >= 4 is 28.8 Å². The lowest BCUT2D eigenvalue weighted by atomic mass is 10.1. The van der Waals surface area contributed by atoms with Crippen molar-refractivity contribution in [3.63, 3.8) is 0 Å². The highest BCUT2D eigenvalue weighted by molar-refractivity contribution is 6.35. The van der Waals surface area contributed by atoms with E-state index in [-0.39, 0.29) is 0 Å². The van der Waals surface area contributed by atoms with Crippen LogP contribution in [0.15, 0.2) is 12.1 Å². The number of ketones is 1. The lowest BCUT2D eigenvalue weighted by molar-refractivity contribution is -0.394. The third-order valence-corrected chi connectivity index (χ3v) is 2.35. The fraction of sp³-hybridized carbons (Fsp3) is 0.125. The van der Waals surface area contributed by atoms with Gasteiger partial charge in [0.25, 0.3) is 11.5 Å². The maximum atomic E-state index is 12.2. The molecular formula is C8H2ClF3N2O5. The molecule has 1 aromatic rings. The van der Waals surface area contributed by atoms with Crippen LogP contribution in [0.2, 0.25) is 5.02 Å². The first-order chi connectivity index (χ1) is 8.57. The predicted molar refractivity (Wildman–Crippen MR) is 55.1 cm³/mol. The molecule has 0 spiro atoms. The summed E-state index contributed by atoms with van der Waals surface area (Å²) in [7, 11) is 0. The van der Waals surface area contributed by atoms with Gasteiger partial charge in [-0.05, 0) is 6.07 Å². The molecule has 0 bridgehead atoms. The molecule has 1 rings (SSSR count). The second-order valence-corrected chi connectivity index (χ2v) is 3.51. The van der Waals surface area contributed by atoms with Crippen LogP contribution in [0.4, 0.5) is 24.5 Å². The number of nitro groups is 2. The molecular weight excluding hydrogens is 297 g/mol. The van der Waals surface area contributed by atoms with Gasteiger partial charge < -0.3 is 0 Å². The summed E-state index contributed by atoms with van der Waals surface area (Å²) in [6, 6.07) is 0.840. The number of nitrogens with zero attached hydrogens (tertiary/aromatic N) is 2. The normalized spacial score (nSPS) is 11.2. The lowest BCUT2D eigenvalue weighted by Crippen LogP contribution is -2.23. The predicted octanol–water partition coefficient (Wildman–Crippen LogP) is 2.90. The van der Waals surface area contributed by atoms with Gasteiger partial charge in [-0.1, -0.05) is 11.6 Å². The van der Waals surface area contributed by atoms with Crippen LogP contribution < -0.4 is 0 Å². The highest BCUT2D eigenvalue weighted by Gasteiger charge is 2.44. The number of carbonyl (C=O) groups excluding carboxylic acids is 1. The average molecular weight is 299 g/mol. The number of nitro benzene ring substituents is 2.